The van der Waals surface area contributed by atoms with Gasteiger partial charge in [0.1, 0.15) is 5.82 Å². The largest absolute Gasteiger partial charge is 0.370 e. The first-order valence-electron chi connectivity index (χ1n) is 7.96. The summed E-state index contributed by atoms with van der Waals surface area (Å²) in [4.78, 5) is 8.91. The molecule has 6 heteroatoms. The Morgan fingerprint density at radius 2 is 1.72 bits per heavy atom. The lowest BCUT2D eigenvalue weighted by Gasteiger charge is -2.11. The number of benzene rings is 2. The Morgan fingerprint density at radius 1 is 0.960 bits per heavy atom. The van der Waals surface area contributed by atoms with Crippen LogP contribution < -0.4 is 10.6 Å². The fourth-order valence-corrected chi connectivity index (χ4v) is 2.69. The van der Waals surface area contributed by atoms with Crippen LogP contribution in [-0.2, 0) is 6.42 Å². The number of aromatic nitrogens is 2. The Labute approximate surface area is 157 Å². The highest BCUT2D eigenvalue weighted by Crippen LogP contribution is 2.24. The molecule has 3 aromatic rings. The molecule has 0 unspecified atom stereocenters. The summed E-state index contributed by atoms with van der Waals surface area (Å²) < 4.78 is 0. The van der Waals surface area contributed by atoms with Crippen LogP contribution in [0.25, 0.3) is 0 Å². The van der Waals surface area contributed by atoms with Gasteiger partial charge in [0.15, 0.2) is 0 Å². The van der Waals surface area contributed by atoms with E-state index < -0.39 is 0 Å². The number of rotatable bonds is 6. The maximum absolute atomic E-state index is 6.17. The van der Waals surface area contributed by atoms with Crippen molar-refractivity contribution in [3.8, 4) is 0 Å². The van der Waals surface area contributed by atoms with E-state index in [9.17, 15) is 0 Å². The molecule has 0 bridgehead atoms. The van der Waals surface area contributed by atoms with Gasteiger partial charge in [-0.2, -0.15) is 4.98 Å². The summed E-state index contributed by atoms with van der Waals surface area (Å²) in [5.74, 6) is 1.29. The number of hydrogen-bond acceptors (Lipinski definition) is 4. The molecule has 0 saturated heterocycles. The van der Waals surface area contributed by atoms with Crippen molar-refractivity contribution in [1.82, 2.24) is 9.97 Å². The van der Waals surface area contributed by atoms with Crippen molar-refractivity contribution in [2.24, 2.45) is 0 Å². The number of nitrogens with zero attached hydrogens (tertiary/aromatic N) is 2. The number of nitrogens with one attached hydrogen (secondary N) is 2. The SMILES string of the molecule is Cc1cc(NCCc2ccc(Cl)cc2)nc(Nc2ccccc2Cl)n1. The minimum atomic E-state index is 0.516. The van der Waals surface area contributed by atoms with E-state index in [2.05, 4.69) is 20.6 Å². The zero-order valence-electron chi connectivity index (χ0n) is 13.8. The van der Waals surface area contributed by atoms with Gasteiger partial charge < -0.3 is 10.6 Å². The molecule has 0 saturated carbocycles. The quantitative estimate of drug-likeness (QED) is 0.600. The number of hydrogen-bond donors (Lipinski definition) is 2. The van der Waals surface area contributed by atoms with Gasteiger partial charge in [-0.05, 0) is 43.2 Å². The Morgan fingerprint density at radius 3 is 2.48 bits per heavy atom. The normalized spacial score (nSPS) is 10.5. The Kier molecular flexibility index (Phi) is 5.74. The van der Waals surface area contributed by atoms with Gasteiger partial charge in [0.2, 0.25) is 5.95 Å². The van der Waals surface area contributed by atoms with Crippen LogP contribution in [0.4, 0.5) is 17.5 Å². The average Bonchev–Trinajstić information content (AvgIpc) is 2.58. The van der Waals surface area contributed by atoms with Gasteiger partial charge >= 0.3 is 0 Å². The fourth-order valence-electron chi connectivity index (χ4n) is 2.38. The fraction of sp³-hybridized carbons (Fsp3) is 0.158. The molecule has 0 amide bonds. The first-order chi connectivity index (χ1) is 12.1. The third kappa shape index (κ3) is 5.08. The van der Waals surface area contributed by atoms with Gasteiger partial charge in [0.25, 0.3) is 0 Å². The molecule has 0 fully saturated rings. The molecule has 1 aromatic heterocycles. The molecule has 0 spiro atoms. The van der Waals surface area contributed by atoms with Crippen LogP contribution in [0.5, 0.6) is 0 Å². The molecular weight excluding hydrogens is 355 g/mol. The summed E-state index contributed by atoms with van der Waals surface area (Å²) in [6.45, 7) is 2.70. The van der Waals surface area contributed by atoms with Crippen molar-refractivity contribution in [2.75, 3.05) is 17.2 Å². The molecule has 4 nitrogen and oxygen atoms in total. The van der Waals surface area contributed by atoms with Crippen molar-refractivity contribution in [3.05, 3.63) is 75.9 Å². The van der Waals surface area contributed by atoms with Crippen LogP contribution in [0.15, 0.2) is 54.6 Å². The summed E-state index contributed by atoms with van der Waals surface area (Å²) in [6.07, 6.45) is 0.882. The van der Waals surface area contributed by atoms with E-state index in [1.807, 2.05) is 61.5 Å². The van der Waals surface area contributed by atoms with Crippen LogP contribution in [0.3, 0.4) is 0 Å². The van der Waals surface area contributed by atoms with Crippen molar-refractivity contribution in [3.63, 3.8) is 0 Å². The second-order valence-electron chi connectivity index (χ2n) is 5.63. The predicted octanol–water partition coefficient (Wildman–Crippen LogP) is 5.49. The van der Waals surface area contributed by atoms with Crippen LogP contribution in [0.2, 0.25) is 10.0 Å². The summed E-state index contributed by atoms with van der Waals surface area (Å²) in [7, 11) is 0. The Balaban J connectivity index is 1.65. The summed E-state index contributed by atoms with van der Waals surface area (Å²) in [6, 6.07) is 17.3. The summed E-state index contributed by atoms with van der Waals surface area (Å²) in [5.41, 5.74) is 2.87. The molecule has 25 heavy (non-hydrogen) atoms. The average molecular weight is 373 g/mol. The summed E-state index contributed by atoms with van der Waals surface area (Å²) in [5, 5.41) is 7.87. The smallest absolute Gasteiger partial charge is 0.229 e. The highest BCUT2D eigenvalue weighted by Gasteiger charge is 2.05. The van der Waals surface area contributed by atoms with E-state index in [0.29, 0.717) is 11.0 Å². The first kappa shape index (κ1) is 17.5. The molecule has 2 aromatic carbocycles. The Hall–Kier alpha value is -2.30. The molecular formula is C19H18Cl2N4. The molecule has 0 atom stereocenters. The van der Waals surface area contributed by atoms with Gasteiger partial charge in [-0.1, -0.05) is 47.5 Å². The minimum absolute atomic E-state index is 0.516. The minimum Gasteiger partial charge on any atom is -0.370 e. The third-order valence-electron chi connectivity index (χ3n) is 3.61. The zero-order chi connectivity index (χ0) is 17.6. The molecule has 0 aliphatic rings. The van der Waals surface area contributed by atoms with Crippen molar-refractivity contribution >= 4 is 40.7 Å². The molecule has 0 radical (unpaired) electrons. The summed E-state index contributed by atoms with van der Waals surface area (Å²) >= 11 is 12.1. The van der Waals surface area contributed by atoms with E-state index in [-0.39, 0.29) is 0 Å². The number of para-hydroxylation sites is 1. The van der Waals surface area contributed by atoms with E-state index in [1.165, 1.54) is 5.56 Å². The lowest BCUT2D eigenvalue weighted by Crippen LogP contribution is -2.08. The zero-order valence-corrected chi connectivity index (χ0v) is 15.3. The standard InChI is InChI=1S/C19H18Cl2N4/c1-13-12-18(22-11-10-14-6-8-15(20)9-7-14)25-19(23-13)24-17-5-3-2-4-16(17)21/h2-9,12H,10-11H2,1H3,(H2,22,23,24,25). The first-order valence-corrected chi connectivity index (χ1v) is 8.71. The van der Waals surface area contributed by atoms with Gasteiger partial charge in [-0.15, -0.1) is 0 Å². The van der Waals surface area contributed by atoms with E-state index >= 15 is 0 Å². The topological polar surface area (TPSA) is 49.8 Å². The third-order valence-corrected chi connectivity index (χ3v) is 4.19. The van der Waals surface area contributed by atoms with Crippen LogP contribution in [0.1, 0.15) is 11.3 Å². The van der Waals surface area contributed by atoms with Crippen LogP contribution >= 0.6 is 23.2 Å². The highest BCUT2D eigenvalue weighted by molar-refractivity contribution is 6.33. The van der Waals surface area contributed by atoms with Crippen molar-refractivity contribution in [2.45, 2.75) is 13.3 Å². The van der Waals surface area contributed by atoms with Gasteiger partial charge in [-0.3, -0.25) is 0 Å². The van der Waals surface area contributed by atoms with E-state index in [1.54, 1.807) is 0 Å². The van der Waals surface area contributed by atoms with Crippen LogP contribution in [0, 0.1) is 6.92 Å². The molecule has 2 N–H and O–H groups in total. The number of halogens is 2. The number of anilines is 3. The molecule has 0 aliphatic carbocycles. The van der Waals surface area contributed by atoms with Crippen molar-refractivity contribution in [1.29, 1.82) is 0 Å². The van der Waals surface area contributed by atoms with Crippen molar-refractivity contribution < 1.29 is 0 Å². The number of aryl methyl sites for hydroxylation is 1. The van der Waals surface area contributed by atoms with E-state index in [4.69, 9.17) is 23.2 Å². The van der Waals surface area contributed by atoms with Gasteiger partial charge in [0, 0.05) is 23.3 Å². The highest BCUT2D eigenvalue weighted by atomic mass is 35.5. The van der Waals surface area contributed by atoms with Gasteiger partial charge in [0.05, 0.1) is 10.7 Å². The predicted molar refractivity (Wildman–Crippen MR) is 105 cm³/mol. The Bertz CT molecular complexity index is 850. The molecule has 3 rings (SSSR count). The second kappa shape index (κ2) is 8.19. The monoisotopic (exact) mass is 372 g/mol. The molecule has 0 aliphatic heterocycles. The molecule has 128 valence electrons. The maximum atomic E-state index is 6.17. The van der Waals surface area contributed by atoms with Crippen LogP contribution in [-0.4, -0.2) is 16.5 Å². The van der Waals surface area contributed by atoms with Gasteiger partial charge in [-0.25, -0.2) is 4.98 Å². The lowest BCUT2D eigenvalue weighted by molar-refractivity contribution is 0.995. The molecule has 1 heterocycles. The lowest BCUT2D eigenvalue weighted by atomic mass is 10.1. The van der Waals surface area contributed by atoms with E-state index in [0.717, 1.165) is 35.2 Å². The maximum Gasteiger partial charge on any atom is 0.229 e. The second-order valence-corrected chi connectivity index (χ2v) is 6.47.